The number of hydrogen-bond donors (Lipinski definition) is 1. The van der Waals surface area contributed by atoms with Crippen molar-refractivity contribution in [1.29, 1.82) is 0 Å². The Balaban J connectivity index is 2.11. The Bertz CT molecular complexity index is 483. The maximum Gasteiger partial charge on any atom is 0.338 e. The molecule has 4 nitrogen and oxygen atoms in total. The number of halogens is 1. The van der Waals surface area contributed by atoms with Crippen molar-refractivity contribution in [3.05, 3.63) is 28.2 Å². The van der Waals surface area contributed by atoms with Gasteiger partial charge in [-0.05, 0) is 60.9 Å². The van der Waals surface area contributed by atoms with Crippen LogP contribution in [0.2, 0.25) is 0 Å². The van der Waals surface area contributed by atoms with Crippen LogP contribution >= 0.6 is 15.9 Å². The van der Waals surface area contributed by atoms with Crippen LogP contribution in [0.3, 0.4) is 0 Å². The first-order valence-electron chi connectivity index (χ1n) is 6.90. The molecule has 0 amide bonds. The molecule has 1 saturated heterocycles. The van der Waals surface area contributed by atoms with Crippen LogP contribution in [0.15, 0.2) is 22.7 Å². The van der Waals surface area contributed by atoms with Gasteiger partial charge >= 0.3 is 5.97 Å². The molecular weight excluding hydrogens is 320 g/mol. The summed E-state index contributed by atoms with van der Waals surface area (Å²) in [6.45, 7) is 2.96. The van der Waals surface area contributed by atoms with E-state index < -0.39 is 5.97 Å². The van der Waals surface area contributed by atoms with E-state index in [1.165, 1.54) is 0 Å². The molecule has 0 aliphatic carbocycles. The molecule has 20 heavy (non-hydrogen) atoms. The molecule has 5 heteroatoms. The second kappa shape index (κ2) is 6.59. The van der Waals surface area contributed by atoms with Crippen molar-refractivity contribution in [2.75, 3.05) is 38.6 Å². The van der Waals surface area contributed by atoms with Crippen molar-refractivity contribution < 1.29 is 9.90 Å². The van der Waals surface area contributed by atoms with Crippen LogP contribution in [-0.2, 0) is 0 Å². The van der Waals surface area contributed by atoms with E-state index in [-0.39, 0.29) is 0 Å². The van der Waals surface area contributed by atoms with E-state index in [9.17, 15) is 9.90 Å². The van der Waals surface area contributed by atoms with Crippen LogP contribution in [0, 0.1) is 5.92 Å². The molecule has 1 fully saturated rings. The Morgan fingerprint density at radius 1 is 1.40 bits per heavy atom. The molecule has 0 atom stereocenters. The Morgan fingerprint density at radius 2 is 2.05 bits per heavy atom. The lowest BCUT2D eigenvalue weighted by Crippen LogP contribution is -2.37. The highest BCUT2D eigenvalue weighted by molar-refractivity contribution is 9.10. The van der Waals surface area contributed by atoms with Gasteiger partial charge in [-0.2, -0.15) is 0 Å². The second-order valence-electron chi connectivity index (χ2n) is 5.63. The monoisotopic (exact) mass is 340 g/mol. The summed E-state index contributed by atoms with van der Waals surface area (Å²) in [5.41, 5.74) is 1.20. The van der Waals surface area contributed by atoms with E-state index in [1.54, 1.807) is 6.07 Å². The summed E-state index contributed by atoms with van der Waals surface area (Å²) < 4.78 is 0.651. The molecule has 2 rings (SSSR count). The summed E-state index contributed by atoms with van der Waals surface area (Å²) in [6.07, 6.45) is 2.23. The van der Waals surface area contributed by atoms with Crippen molar-refractivity contribution in [2.24, 2.45) is 5.92 Å². The van der Waals surface area contributed by atoms with Crippen LogP contribution in [0.25, 0.3) is 0 Å². The Labute approximate surface area is 128 Å². The molecule has 0 unspecified atom stereocenters. The maximum absolute atomic E-state index is 11.4. The molecule has 0 spiro atoms. The van der Waals surface area contributed by atoms with E-state index >= 15 is 0 Å². The molecule has 1 heterocycles. The molecule has 1 aliphatic heterocycles. The highest BCUT2D eigenvalue weighted by Gasteiger charge is 2.24. The number of carboxylic acid groups (broad SMARTS) is 1. The number of rotatable bonds is 4. The molecule has 1 N–H and O–H groups in total. The number of carboxylic acids is 1. The maximum atomic E-state index is 11.4. The highest BCUT2D eigenvalue weighted by atomic mass is 79.9. The van der Waals surface area contributed by atoms with Crippen LogP contribution < -0.4 is 4.90 Å². The van der Waals surface area contributed by atoms with Crippen molar-refractivity contribution in [2.45, 2.75) is 12.8 Å². The molecule has 1 aliphatic rings. The van der Waals surface area contributed by atoms with E-state index in [0.29, 0.717) is 16.0 Å². The third kappa shape index (κ3) is 3.52. The van der Waals surface area contributed by atoms with Gasteiger partial charge in [-0.3, -0.25) is 0 Å². The van der Waals surface area contributed by atoms with Gasteiger partial charge in [0, 0.05) is 24.1 Å². The summed E-state index contributed by atoms with van der Waals surface area (Å²) in [4.78, 5) is 15.9. The zero-order valence-corrected chi connectivity index (χ0v) is 13.6. The van der Waals surface area contributed by atoms with E-state index in [1.807, 2.05) is 12.1 Å². The summed E-state index contributed by atoms with van der Waals surface area (Å²) >= 11 is 3.34. The van der Waals surface area contributed by atoms with Crippen molar-refractivity contribution in [3.8, 4) is 0 Å². The van der Waals surface area contributed by atoms with Gasteiger partial charge in [0.25, 0.3) is 0 Å². The van der Waals surface area contributed by atoms with Crippen LogP contribution in [0.4, 0.5) is 5.69 Å². The van der Waals surface area contributed by atoms with Crippen molar-refractivity contribution in [3.63, 3.8) is 0 Å². The zero-order valence-electron chi connectivity index (χ0n) is 12.0. The molecule has 0 radical (unpaired) electrons. The topological polar surface area (TPSA) is 43.8 Å². The Hall–Kier alpha value is -1.07. The molecule has 1 aromatic rings. The van der Waals surface area contributed by atoms with Gasteiger partial charge in [0.05, 0.1) is 11.3 Å². The number of benzene rings is 1. The average molecular weight is 341 g/mol. The number of aromatic carboxylic acids is 1. The number of nitrogens with zero attached hydrogens (tertiary/aromatic N) is 2. The molecule has 110 valence electrons. The second-order valence-corrected chi connectivity index (χ2v) is 6.49. The predicted molar refractivity (Wildman–Crippen MR) is 84.6 cm³/mol. The normalized spacial score (nSPS) is 16.7. The molecular formula is C15H21BrN2O2. The van der Waals surface area contributed by atoms with Gasteiger partial charge in [-0.1, -0.05) is 6.07 Å². The van der Waals surface area contributed by atoms with E-state index in [4.69, 9.17) is 0 Å². The van der Waals surface area contributed by atoms with E-state index in [0.717, 1.165) is 38.2 Å². The number of piperidine rings is 1. The summed E-state index contributed by atoms with van der Waals surface area (Å²) in [5.74, 6) is -0.162. The molecule has 1 aromatic carbocycles. The third-order valence-corrected chi connectivity index (χ3v) is 4.44. The van der Waals surface area contributed by atoms with Crippen LogP contribution in [0.1, 0.15) is 23.2 Å². The average Bonchev–Trinajstić information content (AvgIpc) is 2.38. The first kappa shape index (κ1) is 15.3. The number of hydrogen-bond acceptors (Lipinski definition) is 3. The van der Waals surface area contributed by atoms with Gasteiger partial charge in [-0.15, -0.1) is 0 Å². The third-order valence-electron chi connectivity index (χ3n) is 3.78. The first-order valence-corrected chi connectivity index (χ1v) is 7.70. The van der Waals surface area contributed by atoms with Gasteiger partial charge < -0.3 is 14.9 Å². The minimum Gasteiger partial charge on any atom is -0.478 e. The Morgan fingerprint density at radius 3 is 2.60 bits per heavy atom. The number of carbonyl (C=O) groups is 1. The summed E-state index contributed by atoms with van der Waals surface area (Å²) in [6, 6.07) is 5.59. The van der Waals surface area contributed by atoms with E-state index in [2.05, 4.69) is 39.8 Å². The molecule has 0 bridgehead atoms. The standard InChI is InChI=1S/C15H21BrN2O2/c1-17(2)10-11-6-8-18(9-7-11)13-5-3-4-12(16)14(13)15(19)20/h3-5,11H,6-10H2,1-2H3,(H,19,20). The molecule has 0 aromatic heterocycles. The Kier molecular flexibility index (Phi) is 5.05. The predicted octanol–water partition coefficient (Wildman–Crippen LogP) is 2.93. The largest absolute Gasteiger partial charge is 0.478 e. The first-order chi connectivity index (χ1) is 9.49. The fourth-order valence-corrected chi connectivity index (χ4v) is 3.39. The smallest absolute Gasteiger partial charge is 0.338 e. The lowest BCUT2D eigenvalue weighted by atomic mass is 9.95. The highest BCUT2D eigenvalue weighted by Crippen LogP contribution is 2.31. The fourth-order valence-electron chi connectivity index (χ4n) is 2.86. The zero-order chi connectivity index (χ0) is 14.7. The molecule has 0 saturated carbocycles. The van der Waals surface area contributed by atoms with Crippen LogP contribution in [0.5, 0.6) is 0 Å². The summed E-state index contributed by atoms with van der Waals surface area (Å²) in [7, 11) is 4.20. The van der Waals surface area contributed by atoms with Gasteiger partial charge in [-0.25, -0.2) is 4.79 Å². The quantitative estimate of drug-likeness (QED) is 0.915. The van der Waals surface area contributed by atoms with Gasteiger partial charge in [0.2, 0.25) is 0 Å². The van der Waals surface area contributed by atoms with Crippen molar-refractivity contribution in [1.82, 2.24) is 4.90 Å². The number of anilines is 1. The lowest BCUT2D eigenvalue weighted by molar-refractivity contribution is 0.0696. The van der Waals surface area contributed by atoms with Gasteiger partial charge in [0.1, 0.15) is 0 Å². The van der Waals surface area contributed by atoms with Crippen molar-refractivity contribution >= 4 is 27.6 Å². The SMILES string of the molecule is CN(C)CC1CCN(c2cccc(Br)c2C(=O)O)CC1. The van der Waals surface area contributed by atoms with Gasteiger partial charge in [0.15, 0.2) is 0 Å². The summed E-state index contributed by atoms with van der Waals surface area (Å²) in [5, 5.41) is 9.38. The van der Waals surface area contributed by atoms with Crippen LogP contribution in [-0.4, -0.2) is 49.7 Å². The lowest BCUT2D eigenvalue weighted by Gasteiger charge is -2.35. The minimum atomic E-state index is -0.872. The fraction of sp³-hybridized carbons (Fsp3) is 0.533. The minimum absolute atomic E-state index is 0.374.